The lowest BCUT2D eigenvalue weighted by molar-refractivity contribution is 0.0311. The summed E-state index contributed by atoms with van der Waals surface area (Å²) >= 11 is 0. The van der Waals surface area contributed by atoms with Gasteiger partial charge in [0.05, 0.1) is 5.52 Å². The maximum atomic E-state index is 11.7. The molecule has 0 saturated carbocycles. The van der Waals surface area contributed by atoms with Gasteiger partial charge in [-0.05, 0) is 44.7 Å². The predicted octanol–water partition coefficient (Wildman–Crippen LogP) is 2.82. The van der Waals surface area contributed by atoms with Crippen LogP contribution >= 0.6 is 12.4 Å². The molecular weight excluding hydrogens is 324 g/mol. The van der Waals surface area contributed by atoms with E-state index in [9.17, 15) is 4.79 Å². The second-order valence-corrected chi connectivity index (χ2v) is 7.15. The van der Waals surface area contributed by atoms with Gasteiger partial charge in [-0.25, -0.2) is 0 Å². The number of carbonyl (C=O) groups is 1. The predicted molar refractivity (Wildman–Crippen MR) is 97.4 cm³/mol. The van der Waals surface area contributed by atoms with Gasteiger partial charge in [0, 0.05) is 24.0 Å². The molecule has 2 bridgehead atoms. The topological polar surface area (TPSA) is 64.2 Å². The largest absolute Gasteiger partial charge is 0.364 e. The number of nitrogens with zero attached hydrogens (tertiary/aromatic N) is 3. The van der Waals surface area contributed by atoms with E-state index >= 15 is 0 Å². The van der Waals surface area contributed by atoms with Crippen molar-refractivity contribution in [2.24, 2.45) is 11.7 Å². The molecule has 1 aromatic heterocycles. The number of fused-ring (bicyclic) bond motifs is 3. The molecule has 130 valence electrons. The van der Waals surface area contributed by atoms with E-state index in [1.54, 1.807) is 0 Å². The van der Waals surface area contributed by atoms with E-state index in [1.165, 1.54) is 32.1 Å². The quantitative estimate of drug-likeness (QED) is 0.927. The minimum atomic E-state index is -0.444. The number of aromatic nitrogens is 2. The number of nitrogens with two attached hydrogens (primary N) is 1. The molecular formula is C18H25ClN4O. The maximum absolute atomic E-state index is 11.7. The van der Waals surface area contributed by atoms with Gasteiger partial charge in [0.25, 0.3) is 5.91 Å². The highest BCUT2D eigenvalue weighted by molar-refractivity contribution is 6.04. The normalized spacial score (nSPS) is 27.0. The van der Waals surface area contributed by atoms with Crippen molar-refractivity contribution in [3.05, 3.63) is 30.0 Å². The van der Waals surface area contributed by atoms with E-state index < -0.39 is 5.91 Å². The zero-order valence-electron chi connectivity index (χ0n) is 14.0. The summed E-state index contributed by atoms with van der Waals surface area (Å²) in [6, 6.07) is 9.32. The van der Waals surface area contributed by atoms with Crippen LogP contribution in [0, 0.1) is 5.92 Å². The van der Waals surface area contributed by atoms with Crippen molar-refractivity contribution in [3.63, 3.8) is 0 Å². The Bertz CT molecular complexity index is 730. The molecule has 4 rings (SSSR count). The van der Waals surface area contributed by atoms with Crippen LogP contribution in [0.3, 0.4) is 0 Å². The molecule has 1 amide bonds. The van der Waals surface area contributed by atoms with E-state index in [2.05, 4.69) is 17.0 Å². The van der Waals surface area contributed by atoms with Crippen LogP contribution in [-0.2, 0) is 6.54 Å². The third-order valence-electron chi connectivity index (χ3n) is 5.76. The summed E-state index contributed by atoms with van der Waals surface area (Å²) in [6.45, 7) is 0.884. The fraction of sp³-hybridized carbons (Fsp3) is 0.556. The molecule has 6 heteroatoms. The zero-order valence-corrected chi connectivity index (χ0v) is 14.8. The molecule has 2 aliphatic rings. The van der Waals surface area contributed by atoms with E-state index in [1.807, 2.05) is 28.9 Å². The first kappa shape index (κ1) is 17.2. The number of hydrogen-bond donors (Lipinski definition) is 1. The van der Waals surface area contributed by atoms with Crippen LogP contribution in [0.1, 0.15) is 42.6 Å². The maximum Gasteiger partial charge on any atom is 0.269 e. The van der Waals surface area contributed by atoms with Gasteiger partial charge in [0.2, 0.25) is 0 Å². The van der Waals surface area contributed by atoms with Gasteiger partial charge < -0.3 is 10.6 Å². The number of hydrogen-bond acceptors (Lipinski definition) is 3. The first-order chi connectivity index (χ1) is 11.1. The number of halogens is 1. The van der Waals surface area contributed by atoms with Crippen LogP contribution in [0.5, 0.6) is 0 Å². The van der Waals surface area contributed by atoms with Gasteiger partial charge in [-0.15, -0.1) is 12.4 Å². The van der Waals surface area contributed by atoms with Crippen LogP contribution in [0.4, 0.5) is 0 Å². The minimum Gasteiger partial charge on any atom is -0.364 e. The summed E-state index contributed by atoms with van der Waals surface area (Å²) in [5.74, 6) is 0.186. The number of amides is 1. The van der Waals surface area contributed by atoms with Crippen molar-refractivity contribution in [1.29, 1.82) is 0 Å². The molecule has 24 heavy (non-hydrogen) atoms. The Labute approximate surface area is 148 Å². The van der Waals surface area contributed by atoms with Crippen molar-refractivity contribution < 1.29 is 4.79 Å². The summed E-state index contributed by atoms with van der Waals surface area (Å²) in [5.41, 5.74) is 6.91. The van der Waals surface area contributed by atoms with Gasteiger partial charge in [0.15, 0.2) is 5.69 Å². The number of benzene rings is 1. The Morgan fingerprint density at radius 1 is 1.25 bits per heavy atom. The summed E-state index contributed by atoms with van der Waals surface area (Å²) in [4.78, 5) is 14.2. The number of piperidine rings is 2. The lowest BCUT2D eigenvalue weighted by Gasteiger charge is -2.47. The molecule has 0 spiro atoms. The Morgan fingerprint density at radius 2 is 1.92 bits per heavy atom. The molecule has 2 N–H and O–H groups in total. The summed E-state index contributed by atoms with van der Waals surface area (Å²) in [5, 5.41) is 5.39. The molecule has 5 nitrogen and oxygen atoms in total. The first-order valence-electron chi connectivity index (χ1n) is 8.60. The molecule has 2 aromatic rings. The summed E-state index contributed by atoms with van der Waals surface area (Å²) < 4.78 is 2.00. The van der Waals surface area contributed by atoms with Crippen LogP contribution in [0.25, 0.3) is 10.9 Å². The lowest BCUT2D eigenvalue weighted by Crippen LogP contribution is -2.50. The molecule has 2 atom stereocenters. The minimum absolute atomic E-state index is 0. The van der Waals surface area contributed by atoms with E-state index in [-0.39, 0.29) is 12.4 Å². The highest BCUT2D eigenvalue weighted by Gasteiger charge is 2.36. The average molecular weight is 349 g/mol. The molecule has 2 aliphatic heterocycles. The van der Waals surface area contributed by atoms with Gasteiger partial charge in [-0.2, -0.15) is 5.10 Å². The highest BCUT2D eigenvalue weighted by atomic mass is 35.5. The van der Waals surface area contributed by atoms with Crippen LogP contribution in [0.15, 0.2) is 24.3 Å². The smallest absolute Gasteiger partial charge is 0.269 e. The molecule has 0 radical (unpaired) electrons. The van der Waals surface area contributed by atoms with Crippen LogP contribution < -0.4 is 5.73 Å². The summed E-state index contributed by atoms with van der Waals surface area (Å²) in [7, 11) is 2.28. The monoisotopic (exact) mass is 348 g/mol. The van der Waals surface area contributed by atoms with Crippen molar-refractivity contribution in [1.82, 2.24) is 14.7 Å². The molecule has 1 aromatic carbocycles. The second kappa shape index (κ2) is 6.73. The number of primary amides is 1. The van der Waals surface area contributed by atoms with Crippen LogP contribution in [0.2, 0.25) is 0 Å². The number of para-hydroxylation sites is 1. The van der Waals surface area contributed by atoms with Gasteiger partial charge in [-0.3, -0.25) is 9.48 Å². The van der Waals surface area contributed by atoms with Gasteiger partial charge in [-0.1, -0.05) is 24.6 Å². The number of rotatable bonds is 3. The first-order valence-corrected chi connectivity index (χ1v) is 8.60. The third-order valence-corrected chi connectivity index (χ3v) is 5.76. The number of carbonyl (C=O) groups excluding carboxylic acids is 1. The van der Waals surface area contributed by atoms with Crippen molar-refractivity contribution >= 4 is 29.2 Å². The molecule has 0 aliphatic carbocycles. The van der Waals surface area contributed by atoms with Crippen molar-refractivity contribution in [2.75, 3.05) is 7.05 Å². The Hall–Kier alpha value is -1.59. The summed E-state index contributed by atoms with van der Waals surface area (Å²) in [6.07, 6.45) is 6.45. The van der Waals surface area contributed by atoms with E-state index in [4.69, 9.17) is 5.73 Å². The fourth-order valence-electron chi connectivity index (χ4n) is 4.57. The van der Waals surface area contributed by atoms with Gasteiger partial charge in [0.1, 0.15) is 0 Å². The second-order valence-electron chi connectivity index (χ2n) is 7.15. The Kier molecular flexibility index (Phi) is 4.83. The standard InChI is InChI=1S/C18H24N4O.ClH/c1-21-13-5-4-6-14(21)10-12(9-13)11-22-16-8-3-2-7-15(16)17(20-22)18(19)23;/h2-3,7-8,12-14H,4-6,9-11H2,1H3,(H2,19,23);1H. The molecule has 2 saturated heterocycles. The van der Waals surface area contributed by atoms with Gasteiger partial charge >= 0.3 is 0 Å². The molecule has 3 heterocycles. The average Bonchev–Trinajstić information content (AvgIpc) is 2.88. The van der Waals surface area contributed by atoms with Crippen molar-refractivity contribution in [3.8, 4) is 0 Å². The lowest BCUT2D eigenvalue weighted by atomic mass is 9.79. The van der Waals surface area contributed by atoms with Crippen molar-refractivity contribution in [2.45, 2.75) is 50.7 Å². The fourth-order valence-corrected chi connectivity index (χ4v) is 4.57. The zero-order chi connectivity index (χ0) is 16.0. The molecule has 2 unspecified atom stereocenters. The van der Waals surface area contributed by atoms with E-state index in [0.29, 0.717) is 23.7 Å². The Morgan fingerprint density at radius 3 is 2.58 bits per heavy atom. The SMILES string of the molecule is CN1C2CCCC1CC(Cn1nc(C(N)=O)c3ccccc31)C2.Cl. The van der Waals surface area contributed by atoms with E-state index in [0.717, 1.165) is 17.4 Å². The highest BCUT2D eigenvalue weighted by Crippen LogP contribution is 2.36. The molecule has 2 fully saturated rings. The van der Waals surface area contributed by atoms with Crippen LogP contribution in [-0.4, -0.2) is 39.7 Å². The third kappa shape index (κ3) is 2.91. The Balaban J connectivity index is 0.00000169.